The number of carbonyl (C=O) groups excluding carboxylic acids is 1. The SMILES string of the molecule is COc1ccc(OC)c(CCC(=O)NC(C)CCc2ccccc2)c1. The Morgan fingerprint density at radius 1 is 1.04 bits per heavy atom. The second-order valence-electron chi connectivity index (χ2n) is 6.17. The zero-order valence-corrected chi connectivity index (χ0v) is 15.2. The molecule has 1 amide bonds. The molecule has 1 atom stereocenters. The normalized spacial score (nSPS) is 11.6. The van der Waals surface area contributed by atoms with Crippen molar-refractivity contribution < 1.29 is 14.3 Å². The second-order valence-corrected chi connectivity index (χ2v) is 6.17. The minimum Gasteiger partial charge on any atom is -0.497 e. The van der Waals surface area contributed by atoms with Gasteiger partial charge in [0.05, 0.1) is 14.2 Å². The topological polar surface area (TPSA) is 47.6 Å². The molecule has 0 aliphatic rings. The number of nitrogens with one attached hydrogen (secondary N) is 1. The van der Waals surface area contributed by atoms with Crippen molar-refractivity contribution >= 4 is 5.91 Å². The molecule has 0 aliphatic heterocycles. The first kappa shape index (κ1) is 18.8. The van der Waals surface area contributed by atoms with Crippen molar-refractivity contribution in [3.8, 4) is 11.5 Å². The van der Waals surface area contributed by atoms with E-state index in [1.807, 2.05) is 43.3 Å². The number of hydrogen-bond acceptors (Lipinski definition) is 3. The first-order valence-electron chi connectivity index (χ1n) is 8.66. The number of amides is 1. The van der Waals surface area contributed by atoms with Crippen molar-refractivity contribution in [1.29, 1.82) is 0 Å². The number of benzene rings is 2. The molecule has 2 aromatic rings. The predicted octanol–water partition coefficient (Wildman–Crippen LogP) is 3.77. The third kappa shape index (κ3) is 6.14. The van der Waals surface area contributed by atoms with Gasteiger partial charge in [0.15, 0.2) is 0 Å². The van der Waals surface area contributed by atoms with Gasteiger partial charge in [-0.1, -0.05) is 30.3 Å². The number of methoxy groups -OCH3 is 2. The minimum atomic E-state index is 0.0606. The van der Waals surface area contributed by atoms with Gasteiger partial charge in [0.1, 0.15) is 11.5 Å². The Bertz CT molecular complexity index is 670. The van der Waals surface area contributed by atoms with Gasteiger partial charge in [0, 0.05) is 12.5 Å². The lowest BCUT2D eigenvalue weighted by atomic mass is 10.1. The van der Waals surface area contributed by atoms with E-state index < -0.39 is 0 Å². The van der Waals surface area contributed by atoms with Gasteiger partial charge in [-0.15, -0.1) is 0 Å². The molecule has 0 bridgehead atoms. The molecular weight excluding hydrogens is 314 g/mol. The fraction of sp³-hybridized carbons (Fsp3) is 0.381. The number of ether oxygens (including phenoxy) is 2. The van der Waals surface area contributed by atoms with E-state index in [1.54, 1.807) is 14.2 Å². The molecule has 25 heavy (non-hydrogen) atoms. The number of carbonyl (C=O) groups is 1. The third-order valence-electron chi connectivity index (χ3n) is 4.23. The molecule has 4 nitrogen and oxygen atoms in total. The van der Waals surface area contributed by atoms with Crippen LogP contribution in [0.5, 0.6) is 11.5 Å². The molecule has 134 valence electrons. The molecule has 1 unspecified atom stereocenters. The maximum atomic E-state index is 12.2. The van der Waals surface area contributed by atoms with E-state index in [-0.39, 0.29) is 11.9 Å². The van der Waals surface area contributed by atoms with Gasteiger partial charge in [-0.3, -0.25) is 4.79 Å². The number of rotatable bonds is 9. The Morgan fingerprint density at radius 3 is 2.48 bits per heavy atom. The van der Waals surface area contributed by atoms with Crippen molar-refractivity contribution in [3.63, 3.8) is 0 Å². The average Bonchev–Trinajstić information content (AvgIpc) is 2.65. The van der Waals surface area contributed by atoms with Crippen LogP contribution in [-0.2, 0) is 17.6 Å². The largest absolute Gasteiger partial charge is 0.497 e. The van der Waals surface area contributed by atoms with Crippen LogP contribution in [0.15, 0.2) is 48.5 Å². The standard InChI is InChI=1S/C21H27NO3/c1-16(9-10-17-7-5-4-6-8-17)22-21(23)14-11-18-15-19(24-2)12-13-20(18)25-3/h4-8,12-13,15-16H,9-11,14H2,1-3H3,(H,22,23). The molecule has 4 heteroatoms. The smallest absolute Gasteiger partial charge is 0.220 e. The van der Waals surface area contributed by atoms with Gasteiger partial charge < -0.3 is 14.8 Å². The van der Waals surface area contributed by atoms with Crippen molar-refractivity contribution in [3.05, 3.63) is 59.7 Å². The summed E-state index contributed by atoms with van der Waals surface area (Å²) in [5.41, 5.74) is 2.28. The molecule has 1 N–H and O–H groups in total. The first-order chi connectivity index (χ1) is 12.1. The quantitative estimate of drug-likeness (QED) is 0.755. The molecule has 0 saturated carbocycles. The summed E-state index contributed by atoms with van der Waals surface area (Å²) in [6.07, 6.45) is 2.95. The highest BCUT2D eigenvalue weighted by molar-refractivity contribution is 5.76. The van der Waals surface area contributed by atoms with Crippen LogP contribution in [0.4, 0.5) is 0 Å². The zero-order chi connectivity index (χ0) is 18.1. The van der Waals surface area contributed by atoms with Crippen LogP contribution in [-0.4, -0.2) is 26.2 Å². The van der Waals surface area contributed by atoms with E-state index in [9.17, 15) is 4.79 Å². The Morgan fingerprint density at radius 2 is 1.80 bits per heavy atom. The van der Waals surface area contributed by atoms with E-state index in [4.69, 9.17) is 9.47 Å². The number of hydrogen-bond donors (Lipinski definition) is 1. The van der Waals surface area contributed by atoms with E-state index in [0.29, 0.717) is 12.8 Å². The van der Waals surface area contributed by atoms with Crippen LogP contribution in [0.2, 0.25) is 0 Å². The maximum absolute atomic E-state index is 12.2. The average molecular weight is 341 g/mol. The van der Waals surface area contributed by atoms with Crippen LogP contribution in [0.3, 0.4) is 0 Å². The first-order valence-corrected chi connectivity index (χ1v) is 8.66. The summed E-state index contributed by atoms with van der Waals surface area (Å²) in [7, 11) is 3.27. The van der Waals surface area contributed by atoms with Crippen LogP contribution < -0.4 is 14.8 Å². The van der Waals surface area contributed by atoms with Gasteiger partial charge in [0.2, 0.25) is 5.91 Å². The summed E-state index contributed by atoms with van der Waals surface area (Å²) in [4.78, 5) is 12.2. The Hall–Kier alpha value is -2.49. The lowest BCUT2D eigenvalue weighted by Crippen LogP contribution is -2.33. The van der Waals surface area contributed by atoms with Crippen molar-refractivity contribution in [2.45, 2.75) is 38.6 Å². The van der Waals surface area contributed by atoms with Crippen molar-refractivity contribution in [2.75, 3.05) is 14.2 Å². The predicted molar refractivity (Wildman–Crippen MR) is 100 cm³/mol. The van der Waals surface area contributed by atoms with Crippen LogP contribution in [0.25, 0.3) is 0 Å². The fourth-order valence-electron chi connectivity index (χ4n) is 2.77. The lowest BCUT2D eigenvalue weighted by molar-refractivity contribution is -0.121. The highest BCUT2D eigenvalue weighted by Gasteiger charge is 2.11. The van der Waals surface area contributed by atoms with Gasteiger partial charge in [-0.2, -0.15) is 0 Å². The molecule has 0 radical (unpaired) electrons. The van der Waals surface area contributed by atoms with E-state index >= 15 is 0 Å². The fourth-order valence-corrected chi connectivity index (χ4v) is 2.77. The second kappa shape index (κ2) is 9.72. The molecule has 0 heterocycles. The van der Waals surface area contributed by atoms with Crippen molar-refractivity contribution in [1.82, 2.24) is 5.32 Å². The highest BCUT2D eigenvalue weighted by atomic mass is 16.5. The third-order valence-corrected chi connectivity index (χ3v) is 4.23. The monoisotopic (exact) mass is 341 g/mol. The lowest BCUT2D eigenvalue weighted by Gasteiger charge is -2.15. The maximum Gasteiger partial charge on any atom is 0.220 e. The van der Waals surface area contributed by atoms with Crippen molar-refractivity contribution in [2.24, 2.45) is 0 Å². The van der Waals surface area contributed by atoms with E-state index in [0.717, 1.165) is 29.9 Å². The van der Waals surface area contributed by atoms with Gasteiger partial charge in [-0.05, 0) is 55.5 Å². The minimum absolute atomic E-state index is 0.0606. The van der Waals surface area contributed by atoms with Crippen LogP contribution in [0.1, 0.15) is 30.9 Å². The number of aryl methyl sites for hydroxylation is 2. The van der Waals surface area contributed by atoms with E-state index in [1.165, 1.54) is 5.56 Å². The molecule has 0 fully saturated rings. The zero-order valence-electron chi connectivity index (χ0n) is 15.2. The molecule has 0 aromatic heterocycles. The molecule has 0 spiro atoms. The van der Waals surface area contributed by atoms with Gasteiger partial charge in [-0.25, -0.2) is 0 Å². The molecule has 2 aromatic carbocycles. The van der Waals surface area contributed by atoms with Gasteiger partial charge in [0.25, 0.3) is 0 Å². The summed E-state index contributed by atoms with van der Waals surface area (Å²) >= 11 is 0. The Balaban J connectivity index is 1.80. The molecule has 0 aliphatic carbocycles. The summed E-state index contributed by atoms with van der Waals surface area (Å²) in [6, 6.07) is 16.1. The summed E-state index contributed by atoms with van der Waals surface area (Å²) in [5, 5.41) is 3.08. The summed E-state index contributed by atoms with van der Waals surface area (Å²) in [6.45, 7) is 2.05. The Labute approximate surface area is 150 Å². The van der Waals surface area contributed by atoms with Crippen LogP contribution in [0, 0.1) is 0 Å². The molecular formula is C21H27NO3. The summed E-state index contributed by atoms with van der Waals surface area (Å²) < 4.78 is 10.6. The summed E-state index contributed by atoms with van der Waals surface area (Å²) in [5.74, 6) is 1.61. The van der Waals surface area contributed by atoms with Crippen LogP contribution >= 0.6 is 0 Å². The molecule has 2 rings (SSSR count). The Kier molecular flexibility index (Phi) is 7.33. The molecule has 0 saturated heterocycles. The van der Waals surface area contributed by atoms with E-state index in [2.05, 4.69) is 17.4 Å². The van der Waals surface area contributed by atoms with Gasteiger partial charge >= 0.3 is 0 Å². The highest BCUT2D eigenvalue weighted by Crippen LogP contribution is 2.25.